The van der Waals surface area contributed by atoms with Gasteiger partial charge in [0.15, 0.2) is 0 Å². The van der Waals surface area contributed by atoms with E-state index < -0.39 is 0 Å². The van der Waals surface area contributed by atoms with Gasteiger partial charge in [0.2, 0.25) is 5.91 Å². The van der Waals surface area contributed by atoms with Crippen LogP contribution in [0.5, 0.6) is 0 Å². The Morgan fingerprint density at radius 3 is 2.72 bits per heavy atom. The highest BCUT2D eigenvalue weighted by molar-refractivity contribution is 9.10. The quantitative estimate of drug-likeness (QED) is 0.901. The van der Waals surface area contributed by atoms with Gasteiger partial charge in [-0.1, -0.05) is 28.1 Å². The summed E-state index contributed by atoms with van der Waals surface area (Å²) in [6, 6.07) is 8.01. The number of halogens is 1. The fourth-order valence-electron chi connectivity index (χ4n) is 2.99. The van der Waals surface area contributed by atoms with E-state index in [-0.39, 0.29) is 5.91 Å². The van der Waals surface area contributed by atoms with Crippen LogP contribution < -0.4 is 5.32 Å². The first-order valence-electron chi connectivity index (χ1n) is 6.45. The molecule has 0 aliphatic carbocycles. The van der Waals surface area contributed by atoms with E-state index in [9.17, 15) is 4.79 Å². The molecule has 2 atom stereocenters. The Morgan fingerprint density at radius 2 is 2.06 bits per heavy atom. The monoisotopic (exact) mass is 308 g/mol. The van der Waals surface area contributed by atoms with E-state index in [1.807, 2.05) is 29.2 Å². The number of fused-ring (bicyclic) bond motifs is 1. The molecular formula is C14H17BrN2O. The number of carbonyl (C=O) groups excluding carboxylic acids is 1. The Kier molecular flexibility index (Phi) is 3.39. The minimum Gasteiger partial charge on any atom is -0.342 e. The van der Waals surface area contributed by atoms with Gasteiger partial charge in [-0.15, -0.1) is 0 Å². The first-order chi connectivity index (χ1) is 8.72. The predicted octanol–water partition coefficient (Wildman–Crippen LogP) is 1.67. The molecule has 0 saturated carbocycles. The molecule has 96 valence electrons. The lowest BCUT2D eigenvalue weighted by atomic mass is 10.0. The normalized spacial score (nSPS) is 26.4. The Bertz CT molecular complexity index is 451. The summed E-state index contributed by atoms with van der Waals surface area (Å²) in [6.07, 6.45) is 0.520. The van der Waals surface area contributed by atoms with Gasteiger partial charge in [-0.3, -0.25) is 4.79 Å². The number of amides is 1. The molecule has 1 amide bonds. The number of benzene rings is 1. The van der Waals surface area contributed by atoms with Gasteiger partial charge >= 0.3 is 0 Å². The molecule has 0 unspecified atom stereocenters. The van der Waals surface area contributed by atoms with E-state index in [4.69, 9.17) is 0 Å². The third kappa shape index (κ3) is 2.45. The summed E-state index contributed by atoms with van der Waals surface area (Å²) in [6.45, 7) is 4.02. The molecule has 0 radical (unpaired) electrons. The number of nitrogens with one attached hydrogen (secondary N) is 1. The smallest absolute Gasteiger partial charge is 0.227 e. The Hall–Kier alpha value is -0.870. The topological polar surface area (TPSA) is 32.3 Å². The summed E-state index contributed by atoms with van der Waals surface area (Å²) in [4.78, 5) is 14.3. The van der Waals surface area contributed by atoms with Crippen molar-refractivity contribution in [2.45, 2.75) is 6.42 Å². The van der Waals surface area contributed by atoms with Gasteiger partial charge in [-0.05, 0) is 29.5 Å². The molecule has 2 heterocycles. The average Bonchev–Trinajstić information content (AvgIpc) is 2.88. The lowest BCUT2D eigenvalue weighted by Crippen LogP contribution is -2.32. The first-order valence-corrected chi connectivity index (χ1v) is 7.24. The summed E-state index contributed by atoms with van der Waals surface area (Å²) in [5.74, 6) is 1.62. The van der Waals surface area contributed by atoms with Crippen LogP contribution in [-0.4, -0.2) is 37.0 Å². The molecular weight excluding hydrogens is 292 g/mol. The van der Waals surface area contributed by atoms with Crippen LogP contribution in [0.25, 0.3) is 0 Å². The summed E-state index contributed by atoms with van der Waals surface area (Å²) in [5.41, 5.74) is 1.09. The van der Waals surface area contributed by atoms with Crippen LogP contribution >= 0.6 is 15.9 Å². The second-order valence-electron chi connectivity index (χ2n) is 5.28. The highest BCUT2D eigenvalue weighted by atomic mass is 79.9. The second-order valence-corrected chi connectivity index (χ2v) is 6.20. The maximum Gasteiger partial charge on any atom is 0.227 e. The molecule has 1 aromatic carbocycles. The van der Waals surface area contributed by atoms with Crippen molar-refractivity contribution in [3.8, 4) is 0 Å². The van der Waals surface area contributed by atoms with Gasteiger partial charge in [0.1, 0.15) is 0 Å². The lowest BCUT2D eigenvalue weighted by Gasteiger charge is -2.17. The van der Waals surface area contributed by atoms with E-state index in [1.165, 1.54) is 0 Å². The fourth-order valence-corrected chi connectivity index (χ4v) is 3.44. The molecule has 18 heavy (non-hydrogen) atoms. The van der Waals surface area contributed by atoms with Gasteiger partial charge in [0, 0.05) is 30.7 Å². The Morgan fingerprint density at radius 1 is 1.33 bits per heavy atom. The van der Waals surface area contributed by atoms with Crippen LogP contribution in [0.3, 0.4) is 0 Å². The maximum atomic E-state index is 12.2. The van der Waals surface area contributed by atoms with Crippen molar-refractivity contribution in [1.29, 1.82) is 0 Å². The molecule has 3 nitrogen and oxygen atoms in total. The van der Waals surface area contributed by atoms with Crippen molar-refractivity contribution in [2.75, 3.05) is 26.2 Å². The largest absolute Gasteiger partial charge is 0.342 e. The zero-order chi connectivity index (χ0) is 12.5. The van der Waals surface area contributed by atoms with Crippen molar-refractivity contribution in [3.05, 3.63) is 34.3 Å². The number of hydrogen-bond acceptors (Lipinski definition) is 2. The van der Waals surface area contributed by atoms with E-state index >= 15 is 0 Å². The van der Waals surface area contributed by atoms with E-state index in [0.29, 0.717) is 18.3 Å². The van der Waals surface area contributed by atoms with Crippen molar-refractivity contribution in [1.82, 2.24) is 10.2 Å². The van der Waals surface area contributed by atoms with E-state index in [0.717, 1.165) is 36.2 Å². The molecule has 2 aliphatic heterocycles. The summed E-state index contributed by atoms with van der Waals surface area (Å²) in [5, 5.41) is 3.40. The van der Waals surface area contributed by atoms with Gasteiger partial charge in [0.05, 0.1) is 6.42 Å². The first kappa shape index (κ1) is 12.2. The summed E-state index contributed by atoms with van der Waals surface area (Å²) < 4.78 is 1.04. The van der Waals surface area contributed by atoms with Crippen molar-refractivity contribution in [3.63, 3.8) is 0 Å². The van der Waals surface area contributed by atoms with E-state index in [2.05, 4.69) is 21.2 Å². The van der Waals surface area contributed by atoms with Crippen molar-refractivity contribution < 1.29 is 4.79 Å². The molecule has 3 rings (SSSR count). The second kappa shape index (κ2) is 5.02. The van der Waals surface area contributed by atoms with Crippen molar-refractivity contribution >= 4 is 21.8 Å². The molecule has 1 aromatic rings. The molecule has 0 spiro atoms. The molecule has 2 aliphatic rings. The van der Waals surface area contributed by atoms with Gasteiger partial charge in [0.25, 0.3) is 0 Å². The van der Waals surface area contributed by atoms with Crippen LogP contribution in [-0.2, 0) is 11.2 Å². The van der Waals surface area contributed by atoms with Gasteiger partial charge in [-0.25, -0.2) is 0 Å². The minimum atomic E-state index is 0.266. The number of hydrogen-bond donors (Lipinski definition) is 1. The number of nitrogens with zero attached hydrogens (tertiary/aromatic N) is 1. The van der Waals surface area contributed by atoms with Crippen LogP contribution in [0.15, 0.2) is 28.7 Å². The number of carbonyl (C=O) groups is 1. The highest BCUT2D eigenvalue weighted by Gasteiger charge is 2.37. The standard InChI is InChI=1S/C14H17BrN2O/c15-13-3-1-2-10(4-13)5-14(18)17-8-11-6-16-7-12(11)9-17/h1-4,11-12,16H,5-9H2/t11-,12+. The zero-order valence-corrected chi connectivity index (χ0v) is 11.8. The third-order valence-electron chi connectivity index (χ3n) is 3.99. The summed E-state index contributed by atoms with van der Waals surface area (Å²) >= 11 is 3.44. The molecule has 0 aromatic heterocycles. The maximum absolute atomic E-state index is 12.2. The molecule has 1 N–H and O–H groups in total. The van der Waals surface area contributed by atoms with Gasteiger partial charge in [-0.2, -0.15) is 0 Å². The van der Waals surface area contributed by atoms with Crippen molar-refractivity contribution in [2.24, 2.45) is 11.8 Å². The molecule has 2 fully saturated rings. The van der Waals surface area contributed by atoms with E-state index in [1.54, 1.807) is 0 Å². The summed E-state index contributed by atoms with van der Waals surface area (Å²) in [7, 11) is 0. The highest BCUT2D eigenvalue weighted by Crippen LogP contribution is 2.26. The average molecular weight is 309 g/mol. The minimum absolute atomic E-state index is 0.266. The Labute approximate surface area is 116 Å². The fraction of sp³-hybridized carbons (Fsp3) is 0.500. The Balaban J connectivity index is 1.62. The molecule has 4 heteroatoms. The van der Waals surface area contributed by atoms with Crippen LogP contribution in [0.4, 0.5) is 0 Å². The lowest BCUT2D eigenvalue weighted by molar-refractivity contribution is -0.129. The predicted molar refractivity (Wildman–Crippen MR) is 74.3 cm³/mol. The zero-order valence-electron chi connectivity index (χ0n) is 10.2. The van der Waals surface area contributed by atoms with Crippen LogP contribution in [0, 0.1) is 11.8 Å². The van der Waals surface area contributed by atoms with Crippen LogP contribution in [0.1, 0.15) is 5.56 Å². The SMILES string of the molecule is O=C(Cc1cccc(Br)c1)N1C[C@H]2CNC[C@H]2C1. The molecule has 2 saturated heterocycles. The number of rotatable bonds is 2. The van der Waals surface area contributed by atoms with Crippen LogP contribution in [0.2, 0.25) is 0 Å². The third-order valence-corrected chi connectivity index (χ3v) is 4.48. The van der Waals surface area contributed by atoms with Gasteiger partial charge < -0.3 is 10.2 Å². The number of likely N-dealkylation sites (tertiary alicyclic amines) is 1. The molecule has 0 bridgehead atoms.